The van der Waals surface area contributed by atoms with E-state index in [0.717, 1.165) is 0 Å². The summed E-state index contributed by atoms with van der Waals surface area (Å²) in [6, 6.07) is 6.49. The molecule has 2 atom stereocenters. The molecule has 4 N–H and O–H groups in total. The van der Waals surface area contributed by atoms with E-state index in [0.29, 0.717) is 24.3 Å². The van der Waals surface area contributed by atoms with Gasteiger partial charge >= 0.3 is 5.97 Å². The van der Waals surface area contributed by atoms with Crippen LogP contribution in [0, 0.1) is 11.8 Å². The van der Waals surface area contributed by atoms with Crippen LogP contribution in [0.5, 0.6) is 5.75 Å². The van der Waals surface area contributed by atoms with E-state index in [9.17, 15) is 14.4 Å². The van der Waals surface area contributed by atoms with Crippen molar-refractivity contribution in [2.75, 3.05) is 11.9 Å². The lowest BCUT2D eigenvalue weighted by Gasteiger charge is -2.31. The van der Waals surface area contributed by atoms with Crippen molar-refractivity contribution in [1.82, 2.24) is 0 Å². The van der Waals surface area contributed by atoms with Crippen LogP contribution in [-0.2, 0) is 14.4 Å². The summed E-state index contributed by atoms with van der Waals surface area (Å²) < 4.78 is 5.13. The minimum Gasteiger partial charge on any atom is -0.484 e. The van der Waals surface area contributed by atoms with E-state index in [4.69, 9.17) is 15.6 Å². The summed E-state index contributed by atoms with van der Waals surface area (Å²) in [7, 11) is 0. The van der Waals surface area contributed by atoms with Crippen molar-refractivity contribution in [1.29, 1.82) is 0 Å². The van der Waals surface area contributed by atoms with Gasteiger partial charge in [0, 0.05) is 11.8 Å². The van der Waals surface area contributed by atoms with Crippen LogP contribution in [0.15, 0.2) is 24.3 Å². The van der Waals surface area contributed by atoms with Gasteiger partial charge in [-0.05, 0) is 25.0 Å². The summed E-state index contributed by atoms with van der Waals surface area (Å²) in [6.07, 6.45) is 1.09. The van der Waals surface area contributed by atoms with Crippen molar-refractivity contribution in [2.45, 2.75) is 12.8 Å². The van der Waals surface area contributed by atoms with E-state index in [1.807, 2.05) is 0 Å². The summed E-state index contributed by atoms with van der Waals surface area (Å²) in [5.74, 6) is -2.57. The van der Waals surface area contributed by atoms with Gasteiger partial charge in [-0.15, -0.1) is 0 Å². The molecule has 2 rings (SSSR count). The number of hydrogen-bond donors (Lipinski definition) is 3. The molecule has 2 amide bonds. The third-order valence-corrected chi connectivity index (χ3v) is 3.41. The van der Waals surface area contributed by atoms with E-state index >= 15 is 0 Å². The Bertz CT molecular complexity index is 572. The Hall–Kier alpha value is -2.57. The summed E-state index contributed by atoms with van der Waals surface area (Å²) in [5.41, 5.74) is 5.46. The predicted octanol–water partition coefficient (Wildman–Crippen LogP) is 0.600. The molecule has 1 aromatic carbocycles. The van der Waals surface area contributed by atoms with Crippen molar-refractivity contribution in [3.05, 3.63) is 24.3 Å². The van der Waals surface area contributed by atoms with E-state index < -0.39 is 23.7 Å². The number of primary amides is 1. The highest BCUT2D eigenvalue weighted by atomic mass is 16.5. The minimum atomic E-state index is -0.944. The second kappa shape index (κ2) is 6.25. The molecule has 1 saturated carbocycles. The predicted molar refractivity (Wildman–Crippen MR) is 73.6 cm³/mol. The number of hydrogen-bond acceptors (Lipinski definition) is 4. The zero-order valence-electron chi connectivity index (χ0n) is 11.2. The molecule has 1 aliphatic carbocycles. The SMILES string of the molecule is NC(=O)COc1cccc(NC(=O)C2CCC2C(=O)O)c1. The van der Waals surface area contributed by atoms with Gasteiger partial charge in [-0.1, -0.05) is 6.07 Å². The van der Waals surface area contributed by atoms with Crippen molar-refractivity contribution < 1.29 is 24.2 Å². The lowest BCUT2D eigenvalue weighted by atomic mass is 9.73. The Kier molecular flexibility index (Phi) is 4.42. The van der Waals surface area contributed by atoms with Crippen LogP contribution in [0.3, 0.4) is 0 Å². The number of benzene rings is 1. The number of anilines is 1. The normalized spacial score (nSPS) is 20.2. The molecule has 7 heteroatoms. The molecular formula is C14H16N2O5. The molecule has 112 valence electrons. The smallest absolute Gasteiger partial charge is 0.307 e. The first kappa shape index (κ1) is 14.8. The fourth-order valence-corrected chi connectivity index (χ4v) is 2.16. The van der Waals surface area contributed by atoms with Gasteiger partial charge in [0.1, 0.15) is 5.75 Å². The summed E-state index contributed by atoms with van der Waals surface area (Å²) in [6.45, 7) is -0.249. The molecule has 1 fully saturated rings. The molecule has 0 spiro atoms. The molecule has 21 heavy (non-hydrogen) atoms. The molecule has 0 saturated heterocycles. The van der Waals surface area contributed by atoms with Gasteiger partial charge in [0.25, 0.3) is 5.91 Å². The first-order chi connectivity index (χ1) is 9.97. The number of nitrogens with two attached hydrogens (primary N) is 1. The first-order valence-electron chi connectivity index (χ1n) is 6.52. The maximum Gasteiger partial charge on any atom is 0.307 e. The molecule has 7 nitrogen and oxygen atoms in total. The van der Waals surface area contributed by atoms with Crippen molar-refractivity contribution in [3.8, 4) is 5.75 Å². The minimum absolute atomic E-state index is 0.249. The average molecular weight is 292 g/mol. The van der Waals surface area contributed by atoms with Gasteiger partial charge < -0.3 is 20.9 Å². The molecule has 1 aromatic rings. The molecule has 0 heterocycles. The molecular weight excluding hydrogens is 276 g/mol. The molecule has 0 bridgehead atoms. The van der Waals surface area contributed by atoms with Crippen LogP contribution < -0.4 is 15.8 Å². The lowest BCUT2D eigenvalue weighted by molar-refractivity contribution is -0.151. The van der Waals surface area contributed by atoms with Crippen LogP contribution in [0.1, 0.15) is 12.8 Å². The van der Waals surface area contributed by atoms with E-state index in [2.05, 4.69) is 5.32 Å². The highest BCUT2D eigenvalue weighted by Gasteiger charge is 2.41. The Morgan fingerprint density at radius 1 is 1.29 bits per heavy atom. The largest absolute Gasteiger partial charge is 0.484 e. The molecule has 0 aromatic heterocycles. The van der Waals surface area contributed by atoms with Gasteiger partial charge in [0.2, 0.25) is 5.91 Å². The van der Waals surface area contributed by atoms with Crippen LogP contribution in [0.25, 0.3) is 0 Å². The number of aliphatic carboxylic acids is 1. The topological polar surface area (TPSA) is 119 Å². The number of carbonyl (C=O) groups excluding carboxylic acids is 2. The van der Waals surface area contributed by atoms with Crippen LogP contribution in [0.2, 0.25) is 0 Å². The van der Waals surface area contributed by atoms with Crippen LogP contribution in [0.4, 0.5) is 5.69 Å². The first-order valence-corrected chi connectivity index (χ1v) is 6.52. The monoisotopic (exact) mass is 292 g/mol. The van der Waals surface area contributed by atoms with Gasteiger partial charge in [-0.3, -0.25) is 14.4 Å². The molecule has 1 aliphatic rings. The van der Waals surface area contributed by atoms with E-state index in [-0.39, 0.29) is 12.5 Å². The zero-order valence-corrected chi connectivity index (χ0v) is 11.2. The highest BCUT2D eigenvalue weighted by molar-refractivity contribution is 5.96. The second-order valence-corrected chi connectivity index (χ2v) is 4.90. The number of rotatable bonds is 6. The summed E-state index contributed by atoms with van der Waals surface area (Å²) in [4.78, 5) is 33.5. The summed E-state index contributed by atoms with van der Waals surface area (Å²) >= 11 is 0. The summed E-state index contributed by atoms with van der Waals surface area (Å²) in [5, 5.41) is 11.6. The molecule has 2 unspecified atom stereocenters. The third-order valence-electron chi connectivity index (χ3n) is 3.41. The number of amides is 2. The maximum absolute atomic E-state index is 12.0. The molecule has 0 radical (unpaired) electrons. The Morgan fingerprint density at radius 2 is 2.00 bits per heavy atom. The number of nitrogens with one attached hydrogen (secondary N) is 1. The Labute approximate surface area is 121 Å². The third kappa shape index (κ3) is 3.71. The molecule has 0 aliphatic heterocycles. The lowest BCUT2D eigenvalue weighted by Crippen LogP contribution is -2.41. The maximum atomic E-state index is 12.0. The highest BCUT2D eigenvalue weighted by Crippen LogP contribution is 2.35. The second-order valence-electron chi connectivity index (χ2n) is 4.90. The fourth-order valence-electron chi connectivity index (χ4n) is 2.16. The number of ether oxygens (including phenoxy) is 1. The van der Waals surface area contributed by atoms with Crippen LogP contribution in [-0.4, -0.2) is 29.5 Å². The van der Waals surface area contributed by atoms with Gasteiger partial charge in [0.05, 0.1) is 11.8 Å². The Morgan fingerprint density at radius 3 is 2.57 bits per heavy atom. The fraction of sp³-hybridized carbons (Fsp3) is 0.357. The Balaban J connectivity index is 1.96. The van der Waals surface area contributed by atoms with Crippen LogP contribution >= 0.6 is 0 Å². The number of carbonyl (C=O) groups is 3. The number of carboxylic acids is 1. The quantitative estimate of drug-likeness (QED) is 0.709. The zero-order chi connectivity index (χ0) is 15.4. The van der Waals surface area contributed by atoms with Gasteiger partial charge in [-0.2, -0.15) is 0 Å². The van der Waals surface area contributed by atoms with Crippen molar-refractivity contribution in [3.63, 3.8) is 0 Å². The van der Waals surface area contributed by atoms with Crippen molar-refractivity contribution in [2.24, 2.45) is 17.6 Å². The van der Waals surface area contributed by atoms with E-state index in [1.165, 1.54) is 0 Å². The van der Waals surface area contributed by atoms with E-state index in [1.54, 1.807) is 24.3 Å². The van der Waals surface area contributed by atoms with Gasteiger partial charge in [-0.25, -0.2) is 0 Å². The standard InChI is InChI=1S/C14H16N2O5/c15-12(17)7-21-9-3-1-2-8(6-9)16-13(18)10-4-5-11(10)14(19)20/h1-3,6,10-11H,4-5,7H2,(H2,15,17)(H,16,18)(H,19,20). The van der Waals surface area contributed by atoms with Crippen molar-refractivity contribution >= 4 is 23.5 Å². The van der Waals surface area contributed by atoms with Gasteiger partial charge in [0.15, 0.2) is 6.61 Å². The number of carboxylic acid groups (broad SMARTS) is 1. The average Bonchev–Trinajstić information content (AvgIpc) is 2.34.